The highest BCUT2D eigenvalue weighted by molar-refractivity contribution is 6.35. The Morgan fingerprint density at radius 3 is 3.00 bits per heavy atom. The zero-order valence-corrected chi connectivity index (χ0v) is 6.72. The van der Waals surface area contributed by atoms with Gasteiger partial charge in [-0.3, -0.25) is 4.79 Å². The molecule has 1 rings (SSSR count). The number of allylic oxidation sites excluding steroid dienone is 1. The highest BCUT2D eigenvalue weighted by Crippen LogP contribution is 2.14. The molecule has 0 fully saturated rings. The number of aliphatic imine (C=N–C) groups is 1. The number of rotatable bonds is 1. The van der Waals surface area contributed by atoms with E-state index in [0.29, 0.717) is 0 Å². The van der Waals surface area contributed by atoms with Gasteiger partial charge in [-0.25, -0.2) is 4.99 Å². The third-order valence-corrected chi connectivity index (χ3v) is 1.62. The number of carbonyl (C=O) groups is 1. The highest BCUT2D eigenvalue weighted by atomic mass is 35.5. The quantitative estimate of drug-likeness (QED) is 0.427. The van der Waals surface area contributed by atoms with E-state index in [1.54, 1.807) is 12.3 Å². The molecule has 0 saturated heterocycles. The van der Waals surface area contributed by atoms with Gasteiger partial charge < -0.3 is 10.6 Å². The molecule has 5 heteroatoms. The van der Waals surface area contributed by atoms with Gasteiger partial charge in [0.1, 0.15) is 0 Å². The normalized spacial score (nSPS) is 27.8. The van der Waals surface area contributed by atoms with E-state index in [4.69, 9.17) is 11.6 Å². The van der Waals surface area contributed by atoms with E-state index in [1.165, 1.54) is 13.3 Å². The van der Waals surface area contributed by atoms with Crippen LogP contribution in [0, 0.1) is 0 Å². The second-order valence-corrected chi connectivity index (χ2v) is 2.53. The van der Waals surface area contributed by atoms with Gasteiger partial charge in [0.2, 0.25) is 0 Å². The number of halogens is 1. The Morgan fingerprint density at radius 2 is 2.55 bits per heavy atom. The minimum Gasteiger partial charge on any atom is -0.354 e. The molecular formula is C6H8ClN3O. The molecule has 0 aliphatic carbocycles. The minimum atomic E-state index is -1.36. The van der Waals surface area contributed by atoms with E-state index in [9.17, 15) is 4.79 Å². The fourth-order valence-corrected chi connectivity index (χ4v) is 0.888. The number of hydrogen-bond acceptors (Lipinski definition) is 3. The van der Waals surface area contributed by atoms with Gasteiger partial charge in [0.05, 0.1) is 0 Å². The summed E-state index contributed by atoms with van der Waals surface area (Å²) < 4.78 is 0. The van der Waals surface area contributed by atoms with Crippen molar-refractivity contribution < 1.29 is 4.79 Å². The van der Waals surface area contributed by atoms with Crippen LogP contribution in [0.5, 0.6) is 0 Å². The molecule has 0 radical (unpaired) electrons. The van der Waals surface area contributed by atoms with E-state index in [0.717, 1.165) is 0 Å². The number of nitrogens with one attached hydrogen (secondary N) is 2. The summed E-state index contributed by atoms with van der Waals surface area (Å²) in [4.78, 5) is 14.8. The predicted octanol–water partition coefficient (Wildman–Crippen LogP) is -0.187. The molecule has 1 amide bonds. The molecule has 2 N–H and O–H groups in total. The summed E-state index contributed by atoms with van der Waals surface area (Å²) in [5.74, 6) is -0.375. The first-order valence-corrected chi connectivity index (χ1v) is 3.46. The molecule has 0 saturated carbocycles. The highest BCUT2D eigenvalue weighted by Gasteiger charge is 2.33. The van der Waals surface area contributed by atoms with Crippen molar-refractivity contribution in [3.05, 3.63) is 12.3 Å². The lowest BCUT2D eigenvalue weighted by molar-refractivity contribution is -0.123. The molecule has 1 heterocycles. The van der Waals surface area contributed by atoms with Gasteiger partial charge in [-0.1, -0.05) is 11.6 Å². The maximum absolute atomic E-state index is 11.0. The molecule has 0 aromatic carbocycles. The molecule has 60 valence electrons. The van der Waals surface area contributed by atoms with E-state index in [2.05, 4.69) is 15.6 Å². The summed E-state index contributed by atoms with van der Waals surface area (Å²) in [6.07, 6.45) is 4.69. The van der Waals surface area contributed by atoms with Gasteiger partial charge in [0, 0.05) is 19.5 Å². The summed E-state index contributed by atoms with van der Waals surface area (Å²) in [6.45, 7) is 0. The van der Waals surface area contributed by atoms with Crippen molar-refractivity contribution in [1.29, 1.82) is 0 Å². The Kier molecular flexibility index (Phi) is 2.14. The summed E-state index contributed by atoms with van der Waals surface area (Å²) in [6, 6.07) is 0. The van der Waals surface area contributed by atoms with E-state index in [-0.39, 0.29) is 5.91 Å². The average molecular weight is 174 g/mol. The smallest absolute Gasteiger partial charge is 0.286 e. The molecule has 0 spiro atoms. The molecule has 11 heavy (non-hydrogen) atoms. The van der Waals surface area contributed by atoms with Crippen LogP contribution in [0.15, 0.2) is 17.3 Å². The van der Waals surface area contributed by atoms with Crippen LogP contribution in [0.25, 0.3) is 0 Å². The minimum absolute atomic E-state index is 0.375. The summed E-state index contributed by atoms with van der Waals surface area (Å²) in [7, 11) is 1.50. The molecule has 0 aromatic heterocycles. The average Bonchev–Trinajstić information content (AvgIpc) is 2.04. The largest absolute Gasteiger partial charge is 0.354 e. The molecule has 4 nitrogen and oxygen atoms in total. The van der Waals surface area contributed by atoms with Gasteiger partial charge >= 0.3 is 0 Å². The molecule has 0 aromatic rings. The van der Waals surface area contributed by atoms with Crippen LogP contribution >= 0.6 is 11.6 Å². The van der Waals surface area contributed by atoms with E-state index in [1.807, 2.05) is 0 Å². The van der Waals surface area contributed by atoms with Gasteiger partial charge in [0.15, 0.2) is 0 Å². The van der Waals surface area contributed by atoms with Gasteiger partial charge in [0.25, 0.3) is 11.0 Å². The van der Waals surface area contributed by atoms with E-state index < -0.39 is 5.12 Å². The topological polar surface area (TPSA) is 53.5 Å². The standard InChI is InChI=1S/C6H8ClN3O/c1-8-5(11)6(7)9-3-2-4-10-6/h2-4,9H,1H3,(H,8,11). The molecule has 1 aliphatic rings. The monoisotopic (exact) mass is 173 g/mol. The first-order valence-electron chi connectivity index (χ1n) is 3.08. The van der Waals surface area contributed by atoms with Crippen molar-refractivity contribution in [1.82, 2.24) is 10.6 Å². The number of nitrogens with zero attached hydrogens (tertiary/aromatic N) is 1. The molecular weight excluding hydrogens is 166 g/mol. The van der Waals surface area contributed by atoms with Crippen molar-refractivity contribution in [2.75, 3.05) is 7.05 Å². The van der Waals surface area contributed by atoms with Crippen molar-refractivity contribution in [3.63, 3.8) is 0 Å². The second kappa shape index (κ2) is 2.92. The number of amides is 1. The van der Waals surface area contributed by atoms with Gasteiger partial charge in [-0.2, -0.15) is 0 Å². The molecule has 1 atom stereocenters. The maximum Gasteiger partial charge on any atom is 0.286 e. The molecule has 0 bridgehead atoms. The lowest BCUT2D eigenvalue weighted by atomic mass is 10.4. The maximum atomic E-state index is 11.0. The summed E-state index contributed by atoms with van der Waals surface area (Å²) in [5.41, 5.74) is 0. The van der Waals surface area contributed by atoms with Crippen LogP contribution in [0.4, 0.5) is 0 Å². The van der Waals surface area contributed by atoms with Gasteiger partial charge in [-0.15, -0.1) is 0 Å². The first-order chi connectivity index (χ1) is 5.19. The Bertz CT molecular complexity index is 226. The van der Waals surface area contributed by atoms with Crippen LogP contribution < -0.4 is 10.6 Å². The lowest BCUT2D eigenvalue weighted by Gasteiger charge is -2.22. The Balaban J connectivity index is 2.75. The fraction of sp³-hybridized carbons (Fsp3) is 0.333. The second-order valence-electron chi connectivity index (χ2n) is 1.98. The van der Waals surface area contributed by atoms with Crippen LogP contribution in [0.2, 0.25) is 0 Å². The van der Waals surface area contributed by atoms with Crippen molar-refractivity contribution in [2.45, 2.75) is 5.12 Å². The number of likely N-dealkylation sites (N-methyl/N-ethyl adjacent to an activating group) is 1. The van der Waals surface area contributed by atoms with Crippen LogP contribution in [0.3, 0.4) is 0 Å². The van der Waals surface area contributed by atoms with Crippen molar-refractivity contribution in [2.24, 2.45) is 4.99 Å². The Hall–Kier alpha value is -1.03. The third kappa shape index (κ3) is 1.51. The molecule has 1 unspecified atom stereocenters. The molecule has 1 aliphatic heterocycles. The fourth-order valence-electron chi connectivity index (χ4n) is 0.674. The van der Waals surface area contributed by atoms with Crippen LogP contribution in [-0.2, 0) is 4.79 Å². The van der Waals surface area contributed by atoms with Crippen LogP contribution in [0.1, 0.15) is 0 Å². The SMILES string of the molecule is CNC(=O)C1(Cl)N=CC=CN1. The zero-order chi connectivity index (χ0) is 8.32. The zero-order valence-electron chi connectivity index (χ0n) is 5.97. The van der Waals surface area contributed by atoms with Crippen molar-refractivity contribution in [3.8, 4) is 0 Å². The lowest BCUT2D eigenvalue weighted by Crippen LogP contribution is -2.49. The Morgan fingerprint density at radius 1 is 1.82 bits per heavy atom. The van der Waals surface area contributed by atoms with Crippen molar-refractivity contribution >= 4 is 23.7 Å². The van der Waals surface area contributed by atoms with Crippen LogP contribution in [-0.4, -0.2) is 24.3 Å². The Labute approximate surface area is 69.3 Å². The summed E-state index contributed by atoms with van der Waals surface area (Å²) >= 11 is 5.75. The number of carbonyl (C=O) groups excluding carboxylic acids is 1. The number of hydrogen-bond donors (Lipinski definition) is 2. The number of alkyl halides is 1. The third-order valence-electron chi connectivity index (χ3n) is 1.24. The summed E-state index contributed by atoms with van der Waals surface area (Å²) in [5, 5.41) is 3.66. The first kappa shape index (κ1) is 8.07. The van der Waals surface area contributed by atoms with Gasteiger partial charge in [-0.05, 0) is 6.08 Å². The predicted molar refractivity (Wildman–Crippen MR) is 43.4 cm³/mol. The van der Waals surface area contributed by atoms with E-state index >= 15 is 0 Å².